The summed E-state index contributed by atoms with van der Waals surface area (Å²) in [6.07, 6.45) is 4.30. The minimum absolute atomic E-state index is 0.00711. The third-order valence-electron chi connectivity index (χ3n) is 5.75. The van der Waals surface area contributed by atoms with Crippen LogP contribution in [-0.2, 0) is 22.9 Å². The van der Waals surface area contributed by atoms with E-state index in [1.54, 1.807) is 22.3 Å². The highest BCUT2D eigenvalue weighted by atomic mass is 32.2. The highest BCUT2D eigenvalue weighted by Crippen LogP contribution is 2.27. The van der Waals surface area contributed by atoms with Gasteiger partial charge in [-0.1, -0.05) is 6.07 Å². The number of sulfonamides is 1. The maximum absolute atomic E-state index is 13.1. The first-order chi connectivity index (χ1) is 13.4. The summed E-state index contributed by atoms with van der Waals surface area (Å²) in [7, 11) is -3.52. The Kier molecular flexibility index (Phi) is 5.33. The Morgan fingerprint density at radius 2 is 1.64 bits per heavy atom. The third kappa shape index (κ3) is 3.63. The van der Waals surface area contributed by atoms with Crippen molar-refractivity contribution in [2.24, 2.45) is 0 Å². The van der Waals surface area contributed by atoms with Crippen molar-refractivity contribution in [3.05, 3.63) is 50.7 Å². The van der Waals surface area contributed by atoms with Gasteiger partial charge in [0.1, 0.15) is 0 Å². The summed E-state index contributed by atoms with van der Waals surface area (Å²) in [5.74, 6) is 0.00711. The summed E-state index contributed by atoms with van der Waals surface area (Å²) >= 11 is 1.62. The number of rotatable bonds is 3. The van der Waals surface area contributed by atoms with Crippen LogP contribution >= 0.6 is 11.3 Å². The van der Waals surface area contributed by atoms with Crippen molar-refractivity contribution in [1.82, 2.24) is 9.21 Å². The molecule has 2 aliphatic rings. The van der Waals surface area contributed by atoms with Crippen LogP contribution < -0.4 is 0 Å². The number of hydrogen-bond acceptors (Lipinski definition) is 4. The van der Waals surface area contributed by atoms with E-state index < -0.39 is 10.0 Å². The van der Waals surface area contributed by atoms with Gasteiger partial charge in [0.15, 0.2) is 0 Å². The largest absolute Gasteiger partial charge is 0.336 e. The molecule has 0 spiro atoms. The first kappa shape index (κ1) is 19.6. The van der Waals surface area contributed by atoms with Crippen molar-refractivity contribution < 1.29 is 13.2 Å². The normalized spacial score (nSPS) is 18.1. The Labute approximate surface area is 171 Å². The first-order valence-electron chi connectivity index (χ1n) is 9.84. The maximum atomic E-state index is 13.1. The second-order valence-corrected chi connectivity index (χ2v) is 11.1. The molecule has 0 atom stereocenters. The Balaban J connectivity index is 1.47. The summed E-state index contributed by atoms with van der Waals surface area (Å²) in [4.78, 5) is 17.1. The average Bonchev–Trinajstić information content (AvgIpc) is 3.05. The van der Waals surface area contributed by atoms with E-state index in [0.29, 0.717) is 31.1 Å². The van der Waals surface area contributed by atoms with Gasteiger partial charge in [-0.2, -0.15) is 4.31 Å². The van der Waals surface area contributed by atoms with Crippen LogP contribution in [0.25, 0.3) is 0 Å². The molecule has 28 heavy (non-hydrogen) atoms. The van der Waals surface area contributed by atoms with Gasteiger partial charge in [0.25, 0.3) is 5.91 Å². The van der Waals surface area contributed by atoms with Crippen molar-refractivity contribution in [1.29, 1.82) is 0 Å². The van der Waals surface area contributed by atoms with Crippen LogP contribution in [0.15, 0.2) is 29.2 Å². The summed E-state index contributed by atoms with van der Waals surface area (Å²) in [6.45, 7) is 5.49. The zero-order valence-corrected chi connectivity index (χ0v) is 18.0. The zero-order chi connectivity index (χ0) is 19.9. The van der Waals surface area contributed by atoms with E-state index in [4.69, 9.17) is 0 Å². The van der Waals surface area contributed by atoms with Crippen molar-refractivity contribution in [2.45, 2.75) is 44.4 Å². The van der Waals surface area contributed by atoms with E-state index in [1.807, 2.05) is 32.0 Å². The number of fused-ring (bicyclic) bond motifs is 1. The molecule has 0 radical (unpaired) electrons. The quantitative estimate of drug-likeness (QED) is 0.768. The van der Waals surface area contributed by atoms with E-state index >= 15 is 0 Å². The SMILES string of the molecule is Cc1cc(C(=O)N2CCN(S(=O)(=O)c3ccc4c(c3)CCCC4)CC2)c(C)s1. The molecule has 1 aliphatic carbocycles. The molecule has 0 unspecified atom stereocenters. The van der Waals surface area contributed by atoms with Gasteiger partial charge in [0.2, 0.25) is 10.0 Å². The van der Waals surface area contributed by atoms with Crippen LogP contribution in [-0.4, -0.2) is 49.7 Å². The maximum Gasteiger partial charge on any atom is 0.255 e. The predicted molar refractivity (Wildman–Crippen MR) is 112 cm³/mol. The van der Waals surface area contributed by atoms with Crippen LogP contribution in [0.1, 0.15) is 44.1 Å². The lowest BCUT2D eigenvalue weighted by Gasteiger charge is -2.34. The van der Waals surface area contributed by atoms with Crippen LogP contribution in [0.3, 0.4) is 0 Å². The van der Waals surface area contributed by atoms with Crippen LogP contribution in [0.2, 0.25) is 0 Å². The molecule has 2 heterocycles. The Morgan fingerprint density at radius 1 is 0.964 bits per heavy atom. The van der Waals surface area contributed by atoms with E-state index in [0.717, 1.165) is 34.6 Å². The fourth-order valence-corrected chi connectivity index (χ4v) is 6.55. The van der Waals surface area contributed by atoms with E-state index in [1.165, 1.54) is 21.9 Å². The second-order valence-electron chi connectivity index (χ2n) is 7.66. The Hall–Kier alpha value is -1.70. The summed E-state index contributed by atoms with van der Waals surface area (Å²) in [6, 6.07) is 7.51. The van der Waals surface area contributed by atoms with Crippen LogP contribution in [0.4, 0.5) is 0 Å². The van der Waals surface area contributed by atoms with Crippen LogP contribution in [0, 0.1) is 13.8 Å². The monoisotopic (exact) mass is 418 g/mol. The number of amides is 1. The minimum atomic E-state index is -3.52. The summed E-state index contributed by atoms with van der Waals surface area (Å²) < 4.78 is 27.7. The van der Waals surface area contributed by atoms with Gasteiger partial charge in [0.05, 0.1) is 10.5 Å². The Morgan fingerprint density at radius 3 is 2.29 bits per heavy atom. The number of hydrogen-bond donors (Lipinski definition) is 0. The molecule has 1 aliphatic heterocycles. The standard InChI is InChI=1S/C21H26N2O3S2/c1-15-13-20(16(2)27-15)21(24)22-9-11-23(12-10-22)28(25,26)19-8-7-17-5-3-4-6-18(17)14-19/h7-8,13-14H,3-6,9-12H2,1-2H3. The number of aryl methyl sites for hydroxylation is 4. The smallest absolute Gasteiger partial charge is 0.255 e. The number of piperazine rings is 1. The average molecular weight is 419 g/mol. The highest BCUT2D eigenvalue weighted by molar-refractivity contribution is 7.89. The van der Waals surface area contributed by atoms with Crippen molar-refractivity contribution in [3.8, 4) is 0 Å². The van der Waals surface area contributed by atoms with Crippen molar-refractivity contribution in [2.75, 3.05) is 26.2 Å². The lowest BCUT2D eigenvalue weighted by molar-refractivity contribution is 0.0697. The molecule has 0 bridgehead atoms. The predicted octanol–water partition coefficient (Wildman–Crippen LogP) is 3.39. The van der Waals surface area contributed by atoms with E-state index in [2.05, 4.69) is 0 Å². The molecular weight excluding hydrogens is 392 g/mol. The number of carbonyl (C=O) groups is 1. The van der Waals surface area contributed by atoms with Gasteiger partial charge in [0, 0.05) is 35.9 Å². The van der Waals surface area contributed by atoms with E-state index in [9.17, 15) is 13.2 Å². The molecule has 0 saturated carbocycles. The fraction of sp³-hybridized carbons (Fsp3) is 0.476. The molecule has 1 fully saturated rings. The molecule has 1 aromatic carbocycles. The first-order valence-corrected chi connectivity index (χ1v) is 12.1. The highest BCUT2D eigenvalue weighted by Gasteiger charge is 2.31. The van der Waals surface area contributed by atoms with Gasteiger partial charge in [-0.3, -0.25) is 4.79 Å². The minimum Gasteiger partial charge on any atom is -0.336 e. The zero-order valence-electron chi connectivity index (χ0n) is 16.4. The molecule has 150 valence electrons. The second kappa shape index (κ2) is 7.61. The van der Waals surface area contributed by atoms with Gasteiger partial charge in [-0.05, 0) is 68.9 Å². The topological polar surface area (TPSA) is 57.7 Å². The van der Waals surface area contributed by atoms with Gasteiger partial charge >= 0.3 is 0 Å². The summed E-state index contributed by atoms with van der Waals surface area (Å²) in [5.41, 5.74) is 3.19. The molecule has 2 aromatic rings. The number of benzene rings is 1. The van der Waals surface area contributed by atoms with E-state index in [-0.39, 0.29) is 5.91 Å². The molecule has 4 rings (SSSR count). The Bertz CT molecular complexity index is 1000. The van der Waals surface area contributed by atoms with Crippen molar-refractivity contribution in [3.63, 3.8) is 0 Å². The third-order valence-corrected chi connectivity index (χ3v) is 8.62. The molecule has 1 aromatic heterocycles. The van der Waals surface area contributed by atoms with Gasteiger partial charge < -0.3 is 4.90 Å². The molecule has 5 nitrogen and oxygen atoms in total. The summed E-state index contributed by atoms with van der Waals surface area (Å²) in [5, 5.41) is 0. The molecule has 1 amide bonds. The van der Waals surface area contributed by atoms with Gasteiger partial charge in [-0.15, -0.1) is 11.3 Å². The molecular formula is C21H26N2O3S2. The fourth-order valence-electron chi connectivity index (χ4n) is 4.16. The number of thiophene rings is 1. The molecule has 7 heteroatoms. The number of carbonyl (C=O) groups excluding carboxylic acids is 1. The number of nitrogens with zero attached hydrogens (tertiary/aromatic N) is 2. The lowest BCUT2D eigenvalue weighted by atomic mass is 9.92. The lowest BCUT2D eigenvalue weighted by Crippen LogP contribution is -2.50. The van der Waals surface area contributed by atoms with Gasteiger partial charge in [-0.25, -0.2) is 8.42 Å². The van der Waals surface area contributed by atoms with Crippen LogP contribution in [0.5, 0.6) is 0 Å². The molecule has 1 saturated heterocycles. The molecule has 0 N–H and O–H groups in total. The van der Waals surface area contributed by atoms with Crippen molar-refractivity contribution >= 4 is 27.3 Å².